The van der Waals surface area contributed by atoms with Gasteiger partial charge in [0.05, 0.1) is 12.1 Å². The number of amides is 3. The minimum atomic E-state index is -0.235. The first kappa shape index (κ1) is 18.9. The van der Waals surface area contributed by atoms with Gasteiger partial charge < -0.3 is 25.6 Å². The Kier molecular flexibility index (Phi) is 5.77. The van der Waals surface area contributed by atoms with Crippen molar-refractivity contribution in [3.63, 3.8) is 0 Å². The number of urea groups is 1. The van der Waals surface area contributed by atoms with Gasteiger partial charge >= 0.3 is 6.03 Å². The fourth-order valence-corrected chi connectivity index (χ4v) is 2.86. The molecule has 138 valence electrons. The molecule has 7 heteroatoms. The number of rotatable bonds is 3. The molecule has 2 atom stereocenters. The Labute approximate surface area is 149 Å². The second-order valence-electron chi connectivity index (χ2n) is 7.06. The third-order valence-corrected chi connectivity index (χ3v) is 4.27. The zero-order chi connectivity index (χ0) is 18.7. The molecule has 3 amide bonds. The Morgan fingerprint density at radius 2 is 2.16 bits per heavy atom. The van der Waals surface area contributed by atoms with E-state index in [9.17, 15) is 9.59 Å². The summed E-state index contributed by atoms with van der Waals surface area (Å²) in [5.74, 6) is 0.452. The zero-order valence-corrected chi connectivity index (χ0v) is 15.6. The number of hydrogen-bond acceptors (Lipinski definition) is 4. The van der Waals surface area contributed by atoms with E-state index in [0.717, 1.165) is 0 Å². The van der Waals surface area contributed by atoms with E-state index in [1.165, 1.54) is 0 Å². The maximum atomic E-state index is 12.6. The van der Waals surface area contributed by atoms with Gasteiger partial charge in [-0.2, -0.15) is 0 Å². The predicted octanol–water partition coefficient (Wildman–Crippen LogP) is 1.79. The molecule has 1 aliphatic rings. The molecule has 1 aliphatic heterocycles. The lowest BCUT2D eigenvalue weighted by Crippen LogP contribution is -2.49. The van der Waals surface area contributed by atoms with Crippen molar-refractivity contribution in [2.75, 3.05) is 32.9 Å². The molecule has 3 N–H and O–H groups in total. The number of nitrogens with one attached hydrogen (secondary N) is 1. The first-order chi connectivity index (χ1) is 11.7. The van der Waals surface area contributed by atoms with Crippen molar-refractivity contribution in [3.8, 4) is 5.75 Å². The summed E-state index contributed by atoms with van der Waals surface area (Å²) in [6.07, 6.45) is -0.235. The molecule has 0 spiro atoms. The van der Waals surface area contributed by atoms with Crippen LogP contribution in [0.2, 0.25) is 0 Å². The molecule has 0 saturated carbocycles. The molecule has 0 radical (unpaired) electrons. The lowest BCUT2D eigenvalue weighted by Gasteiger charge is -2.35. The molecule has 0 aliphatic carbocycles. The number of nitrogens with zero attached hydrogens (tertiary/aromatic N) is 2. The van der Waals surface area contributed by atoms with Gasteiger partial charge in [-0.05, 0) is 32.0 Å². The van der Waals surface area contributed by atoms with Crippen molar-refractivity contribution in [3.05, 3.63) is 23.8 Å². The lowest BCUT2D eigenvalue weighted by atomic mass is 10.0. The van der Waals surface area contributed by atoms with Gasteiger partial charge in [0.15, 0.2) is 0 Å². The standard InChI is InChI=1S/C18H28N4O3/c1-11(2)20-18(24)22(5)10-16-12(3)9-21(4)17(23)14-8-13(19)6-7-15(14)25-16/h6-8,11-12,16H,9-10,19H2,1-5H3,(H,20,24)/t12-,16+/m1/s1. The van der Waals surface area contributed by atoms with Crippen molar-refractivity contribution < 1.29 is 14.3 Å². The number of nitrogen functional groups attached to an aromatic ring is 1. The molecule has 0 aromatic heterocycles. The van der Waals surface area contributed by atoms with Crippen LogP contribution in [-0.2, 0) is 0 Å². The van der Waals surface area contributed by atoms with Crippen LogP contribution in [0.1, 0.15) is 31.1 Å². The number of benzene rings is 1. The van der Waals surface area contributed by atoms with Crippen LogP contribution in [0.25, 0.3) is 0 Å². The number of carbonyl (C=O) groups excluding carboxylic acids is 2. The van der Waals surface area contributed by atoms with E-state index in [-0.39, 0.29) is 30.0 Å². The van der Waals surface area contributed by atoms with Crippen LogP contribution in [0.15, 0.2) is 18.2 Å². The van der Waals surface area contributed by atoms with E-state index in [1.54, 1.807) is 42.1 Å². The van der Waals surface area contributed by atoms with E-state index in [4.69, 9.17) is 10.5 Å². The van der Waals surface area contributed by atoms with E-state index in [0.29, 0.717) is 30.1 Å². The molecule has 1 aromatic rings. The fraction of sp³-hybridized carbons (Fsp3) is 0.556. The molecule has 2 rings (SSSR count). The molecular weight excluding hydrogens is 320 g/mol. The van der Waals surface area contributed by atoms with Crippen LogP contribution in [-0.4, -0.2) is 61.1 Å². The second kappa shape index (κ2) is 7.63. The Morgan fingerprint density at radius 3 is 2.80 bits per heavy atom. The minimum Gasteiger partial charge on any atom is -0.487 e. The highest BCUT2D eigenvalue weighted by Gasteiger charge is 2.30. The highest BCUT2D eigenvalue weighted by Crippen LogP contribution is 2.28. The molecule has 0 unspecified atom stereocenters. The smallest absolute Gasteiger partial charge is 0.317 e. The third-order valence-electron chi connectivity index (χ3n) is 4.27. The number of carbonyl (C=O) groups is 2. The number of likely N-dealkylation sites (N-methyl/N-ethyl adjacent to an activating group) is 1. The molecule has 7 nitrogen and oxygen atoms in total. The molecule has 0 saturated heterocycles. The largest absolute Gasteiger partial charge is 0.487 e. The monoisotopic (exact) mass is 348 g/mol. The maximum Gasteiger partial charge on any atom is 0.317 e. The maximum absolute atomic E-state index is 12.6. The van der Waals surface area contributed by atoms with Crippen LogP contribution >= 0.6 is 0 Å². The summed E-state index contributed by atoms with van der Waals surface area (Å²) >= 11 is 0. The summed E-state index contributed by atoms with van der Waals surface area (Å²) in [6.45, 7) is 6.82. The van der Waals surface area contributed by atoms with Crippen molar-refractivity contribution in [1.29, 1.82) is 0 Å². The van der Waals surface area contributed by atoms with Crippen LogP contribution in [0.3, 0.4) is 0 Å². The normalized spacial score (nSPS) is 20.4. The number of hydrogen-bond donors (Lipinski definition) is 2. The number of anilines is 1. The van der Waals surface area contributed by atoms with Crippen LogP contribution in [0.5, 0.6) is 5.75 Å². The average molecular weight is 348 g/mol. The van der Waals surface area contributed by atoms with E-state index < -0.39 is 0 Å². The number of nitrogens with two attached hydrogens (primary N) is 1. The highest BCUT2D eigenvalue weighted by molar-refractivity contribution is 5.97. The topological polar surface area (TPSA) is 87.9 Å². The number of ether oxygens (including phenoxy) is 1. The SMILES string of the molecule is CC(C)NC(=O)N(C)C[C@@H]1Oc2ccc(N)cc2C(=O)N(C)C[C@H]1C. The van der Waals surface area contributed by atoms with Gasteiger partial charge in [-0.25, -0.2) is 4.79 Å². The molecule has 1 aromatic carbocycles. The highest BCUT2D eigenvalue weighted by atomic mass is 16.5. The minimum absolute atomic E-state index is 0.0638. The molecular formula is C18H28N4O3. The summed E-state index contributed by atoms with van der Waals surface area (Å²) < 4.78 is 6.12. The lowest BCUT2D eigenvalue weighted by molar-refractivity contribution is 0.0577. The van der Waals surface area contributed by atoms with Crippen molar-refractivity contribution >= 4 is 17.6 Å². The van der Waals surface area contributed by atoms with E-state index in [2.05, 4.69) is 5.32 Å². The predicted molar refractivity (Wildman–Crippen MR) is 97.7 cm³/mol. The van der Waals surface area contributed by atoms with Crippen molar-refractivity contribution in [2.45, 2.75) is 32.9 Å². The Bertz CT molecular complexity index is 647. The van der Waals surface area contributed by atoms with Crippen LogP contribution < -0.4 is 15.8 Å². The molecule has 1 heterocycles. The Hall–Kier alpha value is -2.44. The number of fused-ring (bicyclic) bond motifs is 1. The zero-order valence-electron chi connectivity index (χ0n) is 15.6. The first-order valence-corrected chi connectivity index (χ1v) is 8.52. The first-order valence-electron chi connectivity index (χ1n) is 8.52. The van der Waals surface area contributed by atoms with E-state index in [1.807, 2.05) is 20.8 Å². The summed E-state index contributed by atoms with van der Waals surface area (Å²) in [5.41, 5.74) is 6.79. The van der Waals surface area contributed by atoms with Gasteiger partial charge in [-0.1, -0.05) is 6.92 Å². The Balaban J connectivity index is 2.24. The van der Waals surface area contributed by atoms with Gasteiger partial charge in [0.25, 0.3) is 5.91 Å². The van der Waals surface area contributed by atoms with Gasteiger partial charge in [-0.15, -0.1) is 0 Å². The van der Waals surface area contributed by atoms with Gasteiger partial charge in [-0.3, -0.25) is 4.79 Å². The van der Waals surface area contributed by atoms with Gasteiger partial charge in [0, 0.05) is 38.3 Å². The van der Waals surface area contributed by atoms with Crippen molar-refractivity contribution in [2.24, 2.45) is 5.92 Å². The van der Waals surface area contributed by atoms with E-state index >= 15 is 0 Å². The summed E-state index contributed by atoms with van der Waals surface area (Å²) in [5, 5.41) is 2.87. The summed E-state index contributed by atoms with van der Waals surface area (Å²) in [7, 11) is 3.51. The average Bonchev–Trinajstić information content (AvgIpc) is 2.53. The second-order valence-corrected chi connectivity index (χ2v) is 7.06. The molecule has 0 bridgehead atoms. The molecule has 25 heavy (non-hydrogen) atoms. The Morgan fingerprint density at radius 1 is 1.48 bits per heavy atom. The summed E-state index contributed by atoms with van der Waals surface area (Å²) in [6, 6.07) is 4.99. The third kappa shape index (κ3) is 4.55. The van der Waals surface area contributed by atoms with Gasteiger partial charge in [0.1, 0.15) is 11.9 Å². The summed E-state index contributed by atoms with van der Waals surface area (Å²) in [4.78, 5) is 28.0. The van der Waals surface area contributed by atoms with Crippen LogP contribution in [0.4, 0.5) is 10.5 Å². The quantitative estimate of drug-likeness (QED) is 0.815. The molecule has 0 fully saturated rings. The van der Waals surface area contributed by atoms with Crippen molar-refractivity contribution in [1.82, 2.24) is 15.1 Å². The van der Waals surface area contributed by atoms with Crippen LogP contribution in [0, 0.1) is 5.92 Å². The van der Waals surface area contributed by atoms with Gasteiger partial charge in [0.2, 0.25) is 0 Å². The fourth-order valence-electron chi connectivity index (χ4n) is 2.86.